The van der Waals surface area contributed by atoms with Gasteiger partial charge in [-0.15, -0.1) is 0 Å². The van der Waals surface area contributed by atoms with Crippen molar-refractivity contribution in [1.29, 1.82) is 0 Å². The van der Waals surface area contributed by atoms with Gasteiger partial charge in [0.25, 0.3) is 0 Å². The van der Waals surface area contributed by atoms with E-state index in [-0.39, 0.29) is 0 Å². The van der Waals surface area contributed by atoms with Crippen LogP contribution in [-0.4, -0.2) is 23.6 Å². The minimum absolute atomic E-state index is 0.631. The third-order valence-corrected chi connectivity index (χ3v) is 1.77. The van der Waals surface area contributed by atoms with Gasteiger partial charge in [-0.05, 0) is 13.3 Å². The fourth-order valence-electron chi connectivity index (χ4n) is 1.16. The summed E-state index contributed by atoms with van der Waals surface area (Å²) >= 11 is 0. The lowest BCUT2D eigenvalue weighted by Crippen LogP contribution is -2.03. The van der Waals surface area contributed by atoms with Gasteiger partial charge in [0.15, 0.2) is 0 Å². The Bertz CT molecular complexity index is 264. The van der Waals surface area contributed by atoms with Gasteiger partial charge in [-0.3, -0.25) is 0 Å². The Hall–Kier alpha value is -1.32. The lowest BCUT2D eigenvalue weighted by molar-refractivity contribution is 0.325. The summed E-state index contributed by atoms with van der Waals surface area (Å²) in [4.78, 5) is 8.61. The maximum Gasteiger partial charge on any atom is 0.218 e. The molecule has 0 bridgehead atoms. The lowest BCUT2D eigenvalue weighted by atomic mass is 10.3. The van der Waals surface area contributed by atoms with Gasteiger partial charge >= 0.3 is 0 Å². The van der Waals surface area contributed by atoms with Crippen LogP contribution in [0.5, 0.6) is 5.88 Å². The number of hydrogen-bond acceptors (Lipinski definition) is 4. The highest BCUT2D eigenvalue weighted by molar-refractivity contribution is 5.37. The van der Waals surface area contributed by atoms with E-state index >= 15 is 0 Å². The maximum absolute atomic E-state index is 5.34. The maximum atomic E-state index is 5.34. The number of nitrogens with one attached hydrogen (secondary N) is 1. The topological polar surface area (TPSA) is 47.0 Å². The minimum Gasteiger partial charge on any atom is -0.478 e. The molecule has 78 valence electrons. The Morgan fingerprint density at radius 1 is 1.36 bits per heavy atom. The monoisotopic (exact) mass is 195 g/mol. The molecule has 0 unspecified atom stereocenters. The first-order valence-electron chi connectivity index (χ1n) is 4.98. The molecule has 1 rings (SSSR count). The van der Waals surface area contributed by atoms with E-state index in [2.05, 4.69) is 22.2 Å². The summed E-state index contributed by atoms with van der Waals surface area (Å²) in [6, 6.07) is 1.81. The Morgan fingerprint density at radius 2 is 2.14 bits per heavy atom. The summed E-state index contributed by atoms with van der Waals surface area (Å²) in [6.45, 7) is 4.68. The average Bonchev–Trinajstić information content (AvgIpc) is 2.18. The fourth-order valence-corrected chi connectivity index (χ4v) is 1.16. The van der Waals surface area contributed by atoms with Crippen LogP contribution in [0.1, 0.15) is 26.1 Å². The Labute approximate surface area is 84.7 Å². The van der Waals surface area contributed by atoms with Crippen molar-refractivity contribution in [2.75, 3.05) is 19.0 Å². The summed E-state index contributed by atoms with van der Waals surface area (Å²) in [5.41, 5.74) is 0. The van der Waals surface area contributed by atoms with Gasteiger partial charge in [-0.2, -0.15) is 4.98 Å². The molecule has 0 atom stereocenters. The standard InChI is InChI=1S/C10H17N3O/c1-4-6-8-12-9(11-3)7-10(13-8)14-5-2/h7H,4-6H2,1-3H3,(H,11,12,13). The van der Waals surface area contributed by atoms with Crippen molar-refractivity contribution in [2.24, 2.45) is 0 Å². The Kier molecular flexibility index (Phi) is 4.16. The van der Waals surface area contributed by atoms with Gasteiger partial charge in [0, 0.05) is 19.5 Å². The minimum atomic E-state index is 0.631. The van der Waals surface area contributed by atoms with Crippen LogP contribution in [0.3, 0.4) is 0 Å². The zero-order valence-corrected chi connectivity index (χ0v) is 9.00. The molecule has 0 aliphatic carbocycles. The van der Waals surface area contributed by atoms with E-state index in [1.54, 1.807) is 0 Å². The predicted octanol–water partition coefficient (Wildman–Crippen LogP) is 1.87. The van der Waals surface area contributed by atoms with E-state index in [0.717, 1.165) is 24.5 Å². The number of anilines is 1. The lowest BCUT2D eigenvalue weighted by Gasteiger charge is -2.07. The van der Waals surface area contributed by atoms with Gasteiger partial charge in [0.2, 0.25) is 5.88 Å². The van der Waals surface area contributed by atoms with Gasteiger partial charge in [-0.1, -0.05) is 6.92 Å². The quantitative estimate of drug-likeness (QED) is 0.779. The molecular weight excluding hydrogens is 178 g/mol. The van der Waals surface area contributed by atoms with Crippen molar-refractivity contribution in [2.45, 2.75) is 26.7 Å². The van der Waals surface area contributed by atoms with E-state index in [1.165, 1.54) is 0 Å². The predicted molar refractivity (Wildman–Crippen MR) is 56.7 cm³/mol. The van der Waals surface area contributed by atoms with Crippen LogP contribution in [-0.2, 0) is 6.42 Å². The summed E-state index contributed by atoms with van der Waals surface area (Å²) in [7, 11) is 1.84. The fraction of sp³-hybridized carbons (Fsp3) is 0.600. The van der Waals surface area contributed by atoms with Crippen LogP contribution in [0, 0.1) is 0 Å². The number of ether oxygens (including phenoxy) is 1. The van der Waals surface area contributed by atoms with Gasteiger partial charge in [-0.25, -0.2) is 4.98 Å². The molecule has 0 aliphatic heterocycles. The van der Waals surface area contributed by atoms with E-state index in [1.807, 2.05) is 20.0 Å². The van der Waals surface area contributed by atoms with Crippen LogP contribution in [0.4, 0.5) is 5.82 Å². The largest absolute Gasteiger partial charge is 0.478 e. The smallest absolute Gasteiger partial charge is 0.218 e. The first kappa shape index (κ1) is 10.8. The molecule has 0 amide bonds. The molecule has 0 saturated carbocycles. The van der Waals surface area contributed by atoms with Crippen molar-refractivity contribution in [3.05, 3.63) is 11.9 Å². The van der Waals surface area contributed by atoms with Crippen LogP contribution < -0.4 is 10.1 Å². The zero-order chi connectivity index (χ0) is 10.4. The van der Waals surface area contributed by atoms with Crippen molar-refractivity contribution < 1.29 is 4.74 Å². The van der Waals surface area contributed by atoms with E-state index in [4.69, 9.17) is 4.74 Å². The van der Waals surface area contributed by atoms with E-state index in [9.17, 15) is 0 Å². The second-order valence-electron chi connectivity index (χ2n) is 2.94. The van der Waals surface area contributed by atoms with Crippen molar-refractivity contribution in [1.82, 2.24) is 9.97 Å². The van der Waals surface area contributed by atoms with Crippen molar-refractivity contribution in [3.63, 3.8) is 0 Å². The molecule has 0 radical (unpaired) electrons. The number of hydrogen-bond donors (Lipinski definition) is 1. The third-order valence-electron chi connectivity index (χ3n) is 1.77. The molecule has 4 heteroatoms. The zero-order valence-electron chi connectivity index (χ0n) is 9.00. The average molecular weight is 195 g/mol. The van der Waals surface area contributed by atoms with Gasteiger partial charge in [0.05, 0.1) is 6.61 Å². The van der Waals surface area contributed by atoms with E-state index in [0.29, 0.717) is 12.5 Å². The Morgan fingerprint density at radius 3 is 2.71 bits per heavy atom. The van der Waals surface area contributed by atoms with Gasteiger partial charge in [0.1, 0.15) is 11.6 Å². The molecule has 0 aliphatic rings. The number of nitrogens with zero attached hydrogens (tertiary/aromatic N) is 2. The van der Waals surface area contributed by atoms with Crippen LogP contribution in [0.15, 0.2) is 6.07 Å². The molecule has 0 spiro atoms. The van der Waals surface area contributed by atoms with E-state index < -0.39 is 0 Å². The number of aromatic nitrogens is 2. The molecule has 1 aromatic heterocycles. The number of aryl methyl sites for hydroxylation is 1. The summed E-state index contributed by atoms with van der Waals surface area (Å²) in [5.74, 6) is 2.30. The molecule has 1 aromatic rings. The van der Waals surface area contributed by atoms with Crippen LogP contribution in [0.2, 0.25) is 0 Å². The first-order valence-corrected chi connectivity index (χ1v) is 4.98. The molecule has 14 heavy (non-hydrogen) atoms. The highest BCUT2D eigenvalue weighted by Gasteiger charge is 2.03. The molecular formula is C10H17N3O. The number of rotatable bonds is 5. The van der Waals surface area contributed by atoms with Crippen molar-refractivity contribution in [3.8, 4) is 5.88 Å². The second kappa shape index (κ2) is 5.42. The van der Waals surface area contributed by atoms with Crippen LogP contribution in [0.25, 0.3) is 0 Å². The SMILES string of the molecule is CCCc1nc(NC)cc(OCC)n1. The molecule has 0 saturated heterocycles. The van der Waals surface area contributed by atoms with Gasteiger partial charge < -0.3 is 10.1 Å². The molecule has 4 nitrogen and oxygen atoms in total. The first-order chi connectivity index (χ1) is 6.80. The summed E-state index contributed by atoms with van der Waals surface area (Å²) in [5, 5.41) is 2.99. The highest BCUT2D eigenvalue weighted by Crippen LogP contribution is 2.13. The summed E-state index contributed by atoms with van der Waals surface area (Å²) < 4.78 is 5.34. The molecule has 0 aromatic carbocycles. The molecule has 1 heterocycles. The van der Waals surface area contributed by atoms with Crippen LogP contribution >= 0.6 is 0 Å². The third kappa shape index (κ3) is 2.87. The molecule has 0 fully saturated rings. The normalized spacial score (nSPS) is 9.93. The molecule has 1 N–H and O–H groups in total. The van der Waals surface area contributed by atoms with Crippen molar-refractivity contribution >= 4 is 5.82 Å². The second-order valence-corrected chi connectivity index (χ2v) is 2.94. The highest BCUT2D eigenvalue weighted by atomic mass is 16.5. The Balaban J connectivity index is 2.88. The summed E-state index contributed by atoms with van der Waals surface area (Å²) in [6.07, 6.45) is 1.92.